The molecule has 0 heterocycles. The molecule has 16 heavy (non-hydrogen) atoms. The van der Waals surface area contributed by atoms with Crippen LogP contribution >= 0.6 is 0 Å². The van der Waals surface area contributed by atoms with E-state index in [2.05, 4.69) is 12.1 Å². The van der Waals surface area contributed by atoms with Crippen molar-refractivity contribution in [3.63, 3.8) is 0 Å². The molecule has 0 atom stereocenters. The molecule has 0 aliphatic heterocycles. The van der Waals surface area contributed by atoms with Gasteiger partial charge in [0, 0.05) is 0 Å². The van der Waals surface area contributed by atoms with Crippen LogP contribution in [0.3, 0.4) is 0 Å². The summed E-state index contributed by atoms with van der Waals surface area (Å²) in [6.45, 7) is 0. The zero-order chi connectivity index (χ0) is 11.5. The third-order valence-electron chi connectivity index (χ3n) is 3.26. The Morgan fingerprint density at radius 2 is 1.81 bits per heavy atom. The minimum atomic E-state index is -0.0789. The zero-order valence-electron chi connectivity index (χ0n) is 9.60. The lowest BCUT2D eigenvalue weighted by atomic mass is 9.71. The highest BCUT2D eigenvalue weighted by Crippen LogP contribution is 2.42. The molecule has 1 aliphatic carbocycles. The maximum atomic E-state index is 11.2. The minimum absolute atomic E-state index is 0.0789. The van der Waals surface area contributed by atoms with Gasteiger partial charge in [0.2, 0.25) is 0 Å². The Morgan fingerprint density at radius 1 is 1.19 bits per heavy atom. The van der Waals surface area contributed by atoms with Crippen molar-refractivity contribution in [1.82, 2.24) is 0 Å². The highest BCUT2D eigenvalue weighted by molar-refractivity contribution is 5.73. The summed E-state index contributed by atoms with van der Waals surface area (Å²) in [5.41, 5.74) is 1.28. The Hall–Kier alpha value is -1.51. The number of ether oxygens (including phenoxy) is 2. The molecule has 0 N–H and O–H groups in total. The highest BCUT2D eigenvalue weighted by Gasteiger charge is 2.35. The van der Waals surface area contributed by atoms with Gasteiger partial charge < -0.3 is 9.47 Å². The molecule has 0 unspecified atom stereocenters. The van der Waals surface area contributed by atoms with E-state index in [0.29, 0.717) is 5.92 Å². The first-order valence-corrected chi connectivity index (χ1v) is 5.46. The van der Waals surface area contributed by atoms with E-state index in [4.69, 9.17) is 9.47 Å². The molecule has 0 saturated heterocycles. The van der Waals surface area contributed by atoms with Crippen LogP contribution in [0.15, 0.2) is 24.3 Å². The Morgan fingerprint density at radius 3 is 2.31 bits per heavy atom. The van der Waals surface area contributed by atoms with Crippen LogP contribution in [0, 0.1) is 5.92 Å². The van der Waals surface area contributed by atoms with Crippen molar-refractivity contribution < 1.29 is 14.3 Å². The lowest BCUT2D eigenvalue weighted by Gasteiger charge is -2.33. The van der Waals surface area contributed by atoms with Crippen LogP contribution in [0.5, 0.6) is 5.75 Å². The number of carbonyl (C=O) groups excluding carboxylic acids is 1. The summed E-state index contributed by atoms with van der Waals surface area (Å²) in [6, 6.07) is 8.05. The summed E-state index contributed by atoms with van der Waals surface area (Å²) in [7, 11) is 3.11. The predicted molar refractivity (Wildman–Crippen MR) is 60.5 cm³/mol. The smallest absolute Gasteiger partial charge is 0.308 e. The first-order chi connectivity index (χ1) is 7.74. The number of methoxy groups -OCH3 is 2. The summed E-state index contributed by atoms with van der Waals surface area (Å²) in [5, 5.41) is 0. The second-order valence-electron chi connectivity index (χ2n) is 4.16. The first kappa shape index (κ1) is 11.0. The van der Waals surface area contributed by atoms with E-state index >= 15 is 0 Å². The second kappa shape index (κ2) is 4.56. The molecule has 1 fully saturated rings. The third-order valence-corrected chi connectivity index (χ3v) is 3.26. The summed E-state index contributed by atoms with van der Waals surface area (Å²) >= 11 is 0. The van der Waals surface area contributed by atoms with Gasteiger partial charge in [-0.25, -0.2) is 0 Å². The Bertz CT molecular complexity index is 363. The van der Waals surface area contributed by atoms with Gasteiger partial charge in [-0.2, -0.15) is 0 Å². The average Bonchev–Trinajstić information content (AvgIpc) is 2.27. The third kappa shape index (κ3) is 2.03. The molecule has 0 amide bonds. The number of esters is 1. The van der Waals surface area contributed by atoms with Gasteiger partial charge in [0.05, 0.1) is 20.1 Å². The molecule has 1 saturated carbocycles. The van der Waals surface area contributed by atoms with Crippen LogP contribution in [-0.2, 0) is 9.53 Å². The van der Waals surface area contributed by atoms with Crippen LogP contribution in [0.4, 0.5) is 0 Å². The number of carbonyl (C=O) groups is 1. The molecule has 2 rings (SSSR count). The van der Waals surface area contributed by atoms with Crippen molar-refractivity contribution in [2.45, 2.75) is 18.8 Å². The molecule has 1 aromatic rings. The minimum Gasteiger partial charge on any atom is -0.497 e. The van der Waals surface area contributed by atoms with Crippen LogP contribution in [0.25, 0.3) is 0 Å². The SMILES string of the molecule is COc1ccc([C@H]2C[C@H](C(=O)OC)C2)cc1. The molecule has 0 radical (unpaired) electrons. The Labute approximate surface area is 95.4 Å². The molecule has 1 aromatic carbocycles. The van der Waals surface area contributed by atoms with Gasteiger partial charge in [0.1, 0.15) is 5.75 Å². The van der Waals surface area contributed by atoms with E-state index < -0.39 is 0 Å². The fourth-order valence-corrected chi connectivity index (χ4v) is 2.13. The summed E-state index contributed by atoms with van der Waals surface area (Å²) < 4.78 is 9.82. The standard InChI is InChI=1S/C13H16O3/c1-15-12-5-3-9(4-6-12)10-7-11(8-10)13(14)16-2/h3-6,10-11H,7-8H2,1-2H3/t10-,11-. The van der Waals surface area contributed by atoms with E-state index in [-0.39, 0.29) is 11.9 Å². The highest BCUT2D eigenvalue weighted by atomic mass is 16.5. The summed E-state index contributed by atoms with van der Waals surface area (Å²) in [4.78, 5) is 11.2. The molecular formula is C13H16O3. The van der Waals surface area contributed by atoms with Gasteiger partial charge in [-0.1, -0.05) is 12.1 Å². The van der Waals surface area contributed by atoms with E-state index in [1.807, 2.05) is 12.1 Å². The quantitative estimate of drug-likeness (QED) is 0.733. The maximum Gasteiger partial charge on any atom is 0.308 e. The molecule has 1 aliphatic rings. The molecule has 86 valence electrons. The lowest BCUT2D eigenvalue weighted by molar-refractivity contribution is -0.148. The normalized spacial score (nSPS) is 23.4. The van der Waals surface area contributed by atoms with Gasteiger partial charge in [0.15, 0.2) is 0 Å². The van der Waals surface area contributed by atoms with Gasteiger partial charge >= 0.3 is 5.97 Å². The fourth-order valence-electron chi connectivity index (χ4n) is 2.13. The lowest BCUT2D eigenvalue weighted by Crippen LogP contribution is -2.29. The first-order valence-electron chi connectivity index (χ1n) is 5.46. The van der Waals surface area contributed by atoms with E-state index in [1.165, 1.54) is 12.7 Å². The molecule has 3 nitrogen and oxygen atoms in total. The monoisotopic (exact) mass is 220 g/mol. The fraction of sp³-hybridized carbons (Fsp3) is 0.462. The van der Waals surface area contributed by atoms with Crippen LogP contribution < -0.4 is 4.74 Å². The van der Waals surface area contributed by atoms with E-state index in [1.54, 1.807) is 7.11 Å². The predicted octanol–water partition coefficient (Wildman–Crippen LogP) is 2.36. The largest absolute Gasteiger partial charge is 0.497 e. The van der Waals surface area contributed by atoms with Gasteiger partial charge in [-0.3, -0.25) is 4.79 Å². The van der Waals surface area contributed by atoms with E-state index in [9.17, 15) is 4.79 Å². The number of hydrogen-bond donors (Lipinski definition) is 0. The average molecular weight is 220 g/mol. The number of benzene rings is 1. The maximum absolute atomic E-state index is 11.2. The molecule has 0 aromatic heterocycles. The Balaban J connectivity index is 1.93. The topological polar surface area (TPSA) is 35.5 Å². The van der Waals surface area contributed by atoms with Crippen molar-refractivity contribution >= 4 is 5.97 Å². The van der Waals surface area contributed by atoms with Crippen molar-refractivity contribution in [2.24, 2.45) is 5.92 Å². The molecule has 3 heteroatoms. The van der Waals surface area contributed by atoms with Crippen LogP contribution in [0.2, 0.25) is 0 Å². The van der Waals surface area contributed by atoms with Crippen molar-refractivity contribution in [3.05, 3.63) is 29.8 Å². The Kier molecular flexibility index (Phi) is 3.13. The van der Waals surface area contributed by atoms with Gasteiger partial charge in [-0.05, 0) is 36.5 Å². The van der Waals surface area contributed by atoms with Gasteiger partial charge in [-0.15, -0.1) is 0 Å². The molecule has 0 bridgehead atoms. The van der Waals surface area contributed by atoms with Gasteiger partial charge in [0.25, 0.3) is 0 Å². The summed E-state index contributed by atoms with van der Waals surface area (Å²) in [6.07, 6.45) is 1.80. The number of rotatable bonds is 3. The molecular weight excluding hydrogens is 204 g/mol. The van der Waals surface area contributed by atoms with Crippen molar-refractivity contribution in [2.75, 3.05) is 14.2 Å². The second-order valence-corrected chi connectivity index (χ2v) is 4.16. The van der Waals surface area contributed by atoms with E-state index in [0.717, 1.165) is 18.6 Å². The zero-order valence-corrected chi connectivity index (χ0v) is 9.60. The van der Waals surface area contributed by atoms with Crippen LogP contribution in [-0.4, -0.2) is 20.2 Å². The molecule has 0 spiro atoms. The van der Waals surface area contributed by atoms with Crippen molar-refractivity contribution in [3.8, 4) is 5.75 Å². The number of hydrogen-bond acceptors (Lipinski definition) is 3. The van der Waals surface area contributed by atoms with Crippen molar-refractivity contribution in [1.29, 1.82) is 0 Å². The van der Waals surface area contributed by atoms with Crippen LogP contribution in [0.1, 0.15) is 24.3 Å². The summed E-state index contributed by atoms with van der Waals surface area (Å²) in [5.74, 6) is 1.38.